The van der Waals surface area contributed by atoms with Gasteiger partial charge in [0.05, 0.1) is 7.11 Å². The second kappa shape index (κ2) is 9.72. The van der Waals surface area contributed by atoms with Gasteiger partial charge in [0.15, 0.2) is 0 Å². The summed E-state index contributed by atoms with van der Waals surface area (Å²) in [7, 11) is 1.38. The molecule has 2 aromatic rings. The van der Waals surface area contributed by atoms with Gasteiger partial charge in [-0.05, 0) is 47.4 Å². The second-order valence-corrected chi connectivity index (χ2v) is 7.10. The minimum absolute atomic E-state index is 0.0114. The van der Waals surface area contributed by atoms with E-state index in [0.717, 1.165) is 28.3 Å². The van der Waals surface area contributed by atoms with E-state index < -0.39 is 0 Å². The van der Waals surface area contributed by atoms with E-state index in [1.54, 1.807) is 0 Å². The number of ether oxygens (including phenoxy) is 1. The van der Waals surface area contributed by atoms with Crippen molar-refractivity contribution in [2.24, 2.45) is 0 Å². The Morgan fingerprint density at radius 3 is 2.25 bits per heavy atom. The van der Waals surface area contributed by atoms with Gasteiger partial charge in [-0.1, -0.05) is 48.0 Å². The van der Waals surface area contributed by atoms with Crippen LogP contribution in [0.1, 0.15) is 12.0 Å². The monoisotopic (exact) mass is 364 g/mol. The van der Waals surface area contributed by atoms with Crippen molar-refractivity contribution < 1.29 is 14.6 Å². The maximum Gasteiger partial charge on any atom is 0.318 e. The van der Waals surface area contributed by atoms with Crippen LogP contribution in [0.25, 0.3) is 11.1 Å². The number of hydrogen-bond acceptors (Lipinski definition) is 4. The van der Waals surface area contributed by atoms with Crippen LogP contribution in [0.3, 0.4) is 0 Å². The molecule has 1 N–H and O–H groups in total. The van der Waals surface area contributed by atoms with Gasteiger partial charge in [-0.25, -0.2) is 0 Å². The quantitative estimate of drug-likeness (QED) is 0.713. The molecule has 2 rings (SSSR count). The molecule has 0 heterocycles. The van der Waals surface area contributed by atoms with Crippen molar-refractivity contribution in [2.75, 3.05) is 19.5 Å². The number of aryl methyl sites for hydroxylation is 1. The Labute approximate surface area is 152 Å². The average Bonchev–Trinajstić information content (AvgIpc) is 2.61. The van der Waals surface area contributed by atoms with Crippen LogP contribution in [-0.4, -0.2) is 35.8 Å². The first-order valence-corrected chi connectivity index (χ1v) is 9.22. The minimum Gasteiger partial charge on any atom is -0.468 e. The lowest BCUT2D eigenvalue weighted by molar-refractivity contribution is -0.140. The van der Waals surface area contributed by atoms with Gasteiger partial charge in [0.25, 0.3) is 0 Å². The molecule has 1 unspecified atom stereocenters. The van der Waals surface area contributed by atoms with Gasteiger partial charge in [-0.15, -0.1) is 11.8 Å². The van der Waals surface area contributed by atoms with Gasteiger partial charge in [-0.2, -0.15) is 0 Å². The summed E-state index contributed by atoms with van der Waals surface area (Å²) in [6, 6.07) is 16.2. The van der Waals surface area contributed by atoms with E-state index in [-0.39, 0.29) is 17.8 Å². The zero-order chi connectivity index (χ0) is 17.4. The maximum absolute atomic E-state index is 11.6. The van der Waals surface area contributed by atoms with E-state index in [1.807, 2.05) is 24.3 Å². The normalized spacial score (nSPS) is 12.0. The SMILES string of the molecule is COC(=O)C(CCO)SCCc1ccc(-c2ccc(Cl)cc2)cc1. The molecule has 0 spiro atoms. The molecule has 3 nitrogen and oxygen atoms in total. The highest BCUT2D eigenvalue weighted by atomic mass is 35.5. The lowest BCUT2D eigenvalue weighted by atomic mass is 10.0. The molecule has 0 aliphatic carbocycles. The van der Waals surface area contributed by atoms with Crippen LogP contribution in [0.15, 0.2) is 48.5 Å². The maximum atomic E-state index is 11.6. The molecule has 128 valence electrons. The molecule has 24 heavy (non-hydrogen) atoms. The topological polar surface area (TPSA) is 46.5 Å². The van der Waals surface area contributed by atoms with Crippen LogP contribution < -0.4 is 0 Å². The smallest absolute Gasteiger partial charge is 0.318 e. The summed E-state index contributed by atoms with van der Waals surface area (Å²) in [5.74, 6) is 0.534. The highest BCUT2D eigenvalue weighted by Crippen LogP contribution is 2.23. The van der Waals surface area contributed by atoms with Crippen LogP contribution in [0.2, 0.25) is 5.02 Å². The number of benzene rings is 2. The van der Waals surface area contributed by atoms with Crippen LogP contribution >= 0.6 is 23.4 Å². The predicted octanol–water partition coefficient (Wildman–Crippen LogP) is 4.21. The standard InChI is InChI=1S/C19H21ClO3S/c1-23-19(22)18(10-12-21)24-13-11-14-2-4-15(5-3-14)16-6-8-17(20)9-7-16/h2-9,18,21H,10-13H2,1H3. The molecular formula is C19H21ClO3S. The molecular weight excluding hydrogens is 344 g/mol. The third kappa shape index (κ3) is 5.55. The van der Waals surface area contributed by atoms with Crippen LogP contribution in [0, 0.1) is 0 Å². The van der Waals surface area contributed by atoms with Gasteiger partial charge in [0.1, 0.15) is 5.25 Å². The van der Waals surface area contributed by atoms with Crippen molar-refractivity contribution in [1.82, 2.24) is 0 Å². The Kier molecular flexibility index (Phi) is 7.63. The van der Waals surface area contributed by atoms with Crippen molar-refractivity contribution in [2.45, 2.75) is 18.1 Å². The fourth-order valence-corrected chi connectivity index (χ4v) is 3.61. The lowest BCUT2D eigenvalue weighted by Gasteiger charge is -2.13. The van der Waals surface area contributed by atoms with E-state index >= 15 is 0 Å². The van der Waals surface area contributed by atoms with E-state index in [0.29, 0.717) is 6.42 Å². The Balaban J connectivity index is 1.89. The molecule has 0 aliphatic heterocycles. The molecule has 0 fully saturated rings. The second-order valence-electron chi connectivity index (χ2n) is 5.35. The third-order valence-corrected chi connectivity index (χ3v) is 5.22. The average molecular weight is 365 g/mol. The number of carbonyl (C=O) groups is 1. The first kappa shape index (κ1) is 18.8. The Morgan fingerprint density at radius 2 is 1.71 bits per heavy atom. The van der Waals surface area contributed by atoms with Crippen molar-refractivity contribution >= 4 is 29.3 Å². The molecule has 5 heteroatoms. The van der Waals surface area contributed by atoms with Gasteiger partial charge in [-0.3, -0.25) is 4.79 Å². The lowest BCUT2D eigenvalue weighted by Crippen LogP contribution is -2.20. The van der Waals surface area contributed by atoms with Crippen molar-refractivity contribution in [3.8, 4) is 11.1 Å². The first-order valence-electron chi connectivity index (χ1n) is 7.79. The Morgan fingerprint density at radius 1 is 1.12 bits per heavy atom. The largest absolute Gasteiger partial charge is 0.468 e. The number of methoxy groups -OCH3 is 1. The molecule has 0 bridgehead atoms. The summed E-state index contributed by atoms with van der Waals surface area (Å²) in [5.41, 5.74) is 3.50. The molecule has 2 aromatic carbocycles. The molecule has 0 saturated carbocycles. The van der Waals surface area contributed by atoms with Crippen molar-refractivity contribution in [1.29, 1.82) is 0 Å². The molecule has 0 radical (unpaired) electrons. The molecule has 0 saturated heterocycles. The summed E-state index contributed by atoms with van der Waals surface area (Å²) >= 11 is 7.44. The summed E-state index contributed by atoms with van der Waals surface area (Å²) < 4.78 is 4.76. The summed E-state index contributed by atoms with van der Waals surface area (Å²) in [6.45, 7) is -0.0114. The fourth-order valence-electron chi connectivity index (χ4n) is 2.34. The van der Waals surface area contributed by atoms with Gasteiger partial charge >= 0.3 is 5.97 Å². The number of halogens is 1. The summed E-state index contributed by atoms with van der Waals surface area (Å²) in [4.78, 5) is 11.6. The molecule has 0 aromatic heterocycles. The zero-order valence-corrected chi connectivity index (χ0v) is 15.1. The van der Waals surface area contributed by atoms with Crippen LogP contribution in [0.5, 0.6) is 0 Å². The molecule has 0 aliphatic rings. The third-order valence-electron chi connectivity index (χ3n) is 3.70. The summed E-state index contributed by atoms with van der Waals surface area (Å²) in [5, 5.41) is 9.46. The number of aliphatic hydroxyl groups excluding tert-OH is 1. The van der Waals surface area contributed by atoms with E-state index in [4.69, 9.17) is 21.4 Å². The minimum atomic E-state index is -0.298. The van der Waals surface area contributed by atoms with Gasteiger partial charge in [0.2, 0.25) is 0 Å². The fraction of sp³-hybridized carbons (Fsp3) is 0.316. The Bertz CT molecular complexity index is 641. The number of carbonyl (C=O) groups excluding carboxylic acids is 1. The van der Waals surface area contributed by atoms with Crippen molar-refractivity contribution in [3.05, 3.63) is 59.1 Å². The predicted molar refractivity (Wildman–Crippen MR) is 101 cm³/mol. The number of rotatable bonds is 8. The van der Waals surface area contributed by atoms with Crippen molar-refractivity contribution in [3.63, 3.8) is 0 Å². The zero-order valence-electron chi connectivity index (χ0n) is 13.6. The molecule has 0 amide bonds. The highest BCUT2D eigenvalue weighted by molar-refractivity contribution is 8.00. The summed E-state index contributed by atoms with van der Waals surface area (Å²) in [6.07, 6.45) is 1.29. The Hall–Kier alpha value is -1.49. The molecule has 1 atom stereocenters. The highest BCUT2D eigenvalue weighted by Gasteiger charge is 2.18. The van der Waals surface area contributed by atoms with Gasteiger partial charge in [0, 0.05) is 11.6 Å². The van der Waals surface area contributed by atoms with E-state index in [2.05, 4.69) is 24.3 Å². The van der Waals surface area contributed by atoms with E-state index in [9.17, 15) is 4.79 Å². The van der Waals surface area contributed by atoms with E-state index in [1.165, 1.54) is 24.4 Å². The van der Waals surface area contributed by atoms with Crippen LogP contribution in [-0.2, 0) is 16.0 Å². The van der Waals surface area contributed by atoms with Crippen LogP contribution in [0.4, 0.5) is 0 Å². The number of thioether (sulfide) groups is 1. The number of esters is 1. The number of hydrogen-bond donors (Lipinski definition) is 1. The first-order chi connectivity index (χ1) is 11.6. The van der Waals surface area contributed by atoms with Gasteiger partial charge < -0.3 is 9.84 Å². The number of aliphatic hydroxyl groups is 1.